The molecule has 2 rings (SSSR count). The Hall–Kier alpha value is -4.78. The van der Waals surface area contributed by atoms with Gasteiger partial charge in [-0.3, -0.25) is 38.4 Å². The molecule has 408 valence electrons. The monoisotopic (exact) mass is 1030 g/mol. The number of ether oxygens (including phenoxy) is 4. The van der Waals surface area contributed by atoms with E-state index in [0.717, 1.165) is 37.9 Å². The van der Waals surface area contributed by atoms with E-state index < -0.39 is 6.04 Å². The van der Waals surface area contributed by atoms with E-state index in [1.165, 1.54) is 0 Å². The van der Waals surface area contributed by atoms with Crippen LogP contribution in [0.4, 0.5) is 4.79 Å². The second-order valence-electron chi connectivity index (χ2n) is 18.0. The number of carbonyl (C=O) groups is 9. The number of amides is 10. The molecule has 0 aliphatic carbocycles. The summed E-state index contributed by atoms with van der Waals surface area (Å²) in [6.45, 7) is 6.57. The molecule has 0 aromatic heterocycles. The highest BCUT2D eigenvalue weighted by Crippen LogP contribution is 2.33. The van der Waals surface area contributed by atoms with Crippen molar-refractivity contribution in [3.63, 3.8) is 0 Å². The Balaban J connectivity index is 0.0000259. The number of primary amides is 2. The summed E-state index contributed by atoms with van der Waals surface area (Å²) in [5.41, 5.74) is 10.6. The third-order valence-electron chi connectivity index (χ3n) is 11.8. The van der Waals surface area contributed by atoms with Gasteiger partial charge in [0.2, 0.25) is 47.3 Å². The van der Waals surface area contributed by atoms with E-state index in [0.29, 0.717) is 76.3 Å². The highest BCUT2D eigenvalue weighted by molar-refractivity contribution is 8.00. The summed E-state index contributed by atoms with van der Waals surface area (Å²) >= 11 is 1.83. The third kappa shape index (κ3) is 31.3. The van der Waals surface area contributed by atoms with Crippen molar-refractivity contribution in [3.05, 3.63) is 0 Å². The quantitative estimate of drug-likeness (QED) is 0.0284. The number of hydrogen-bond donors (Lipinski definition) is 10. The molecule has 0 unspecified atom stereocenters. The van der Waals surface area contributed by atoms with E-state index in [1.54, 1.807) is 13.8 Å². The van der Waals surface area contributed by atoms with Crippen molar-refractivity contribution in [2.75, 3.05) is 91.3 Å². The lowest BCUT2D eigenvalue weighted by Crippen LogP contribution is -2.47. The second-order valence-corrected chi connectivity index (χ2v) is 19.2. The van der Waals surface area contributed by atoms with Gasteiger partial charge in [0.05, 0.1) is 51.7 Å². The zero-order valence-corrected chi connectivity index (χ0v) is 42.9. The van der Waals surface area contributed by atoms with Gasteiger partial charge in [0.15, 0.2) is 0 Å². The van der Waals surface area contributed by atoms with Gasteiger partial charge in [-0.05, 0) is 64.2 Å². The summed E-state index contributed by atoms with van der Waals surface area (Å²) in [4.78, 5) is 108. The van der Waals surface area contributed by atoms with Gasteiger partial charge < -0.3 is 72.9 Å². The summed E-state index contributed by atoms with van der Waals surface area (Å²) in [6, 6.07) is -0.592. The van der Waals surface area contributed by atoms with E-state index >= 15 is 0 Å². The molecule has 2 fully saturated rings. The average Bonchev–Trinajstić information content (AvgIpc) is 3.89. The molecule has 0 saturated carbocycles. The van der Waals surface area contributed by atoms with Gasteiger partial charge in [-0.1, -0.05) is 33.1 Å². The largest absolute Gasteiger partial charge is 0.377 e. The van der Waals surface area contributed by atoms with Crippen LogP contribution in [0.25, 0.3) is 0 Å². The van der Waals surface area contributed by atoms with Gasteiger partial charge in [0, 0.05) is 76.3 Å². The van der Waals surface area contributed by atoms with E-state index in [2.05, 4.69) is 42.5 Å². The van der Waals surface area contributed by atoms with Crippen LogP contribution in [0.3, 0.4) is 0 Å². The molecule has 23 nitrogen and oxygen atoms in total. The Morgan fingerprint density at radius 3 is 1.61 bits per heavy atom. The van der Waals surface area contributed by atoms with Crippen molar-refractivity contribution in [1.82, 2.24) is 42.5 Å². The van der Waals surface area contributed by atoms with Crippen molar-refractivity contribution in [2.45, 2.75) is 140 Å². The minimum Gasteiger partial charge on any atom is -0.377 e. The van der Waals surface area contributed by atoms with Gasteiger partial charge in [0.1, 0.15) is 19.3 Å². The lowest BCUT2D eigenvalue weighted by molar-refractivity contribution is -0.129. The molecule has 0 aromatic carbocycles. The molecule has 0 radical (unpaired) electrons. The number of fused-ring (bicyclic) bond motifs is 1. The molecular weight excluding hydrogens is 945 g/mol. The predicted octanol–water partition coefficient (Wildman–Crippen LogP) is 0.0144. The number of unbranched alkanes of at least 4 members (excludes halogenated alkanes) is 4. The molecule has 0 bridgehead atoms. The van der Waals surface area contributed by atoms with Crippen LogP contribution in [0, 0.1) is 11.8 Å². The molecule has 0 aromatic rings. The standard InChI is InChI=1S/C47H84N10O13S.H2/c1-33(44(48)63)12-5-8-20-51-41(61)30-69-28-27-68-25-23-53-42(62)31-70-29-26-67-24-22-52-39(59)18-11-17-38(58)50-19-10-7-14-35(46(65)54-21-9-6-13-34(2)45(49)64)55-40(60)16-4-3-15-37-43-36(32-71-37)56-47(66)57-43;/h33-37,43H,3-32H2,1-2H3,(H2,48,63)(H2,49,64)(H,50,58)(H,51,61)(H,52,59)(H,53,62)(H,54,65)(H,55,60)(H2,56,57,66);1H/t33-,34-,35-,36-,37-,43-;/m0./s1. The molecule has 2 aliphatic rings. The second kappa shape index (κ2) is 38.8. The van der Waals surface area contributed by atoms with Crippen LogP contribution in [0.1, 0.15) is 118 Å². The van der Waals surface area contributed by atoms with Crippen molar-refractivity contribution >= 4 is 65.1 Å². The van der Waals surface area contributed by atoms with Crippen LogP contribution >= 0.6 is 11.8 Å². The van der Waals surface area contributed by atoms with E-state index in [1.807, 2.05) is 11.8 Å². The van der Waals surface area contributed by atoms with Crippen molar-refractivity contribution < 1.29 is 63.5 Å². The zero-order valence-electron chi connectivity index (χ0n) is 42.0. The van der Waals surface area contributed by atoms with Crippen molar-refractivity contribution in [3.8, 4) is 0 Å². The highest BCUT2D eigenvalue weighted by atomic mass is 32.2. The number of carbonyl (C=O) groups excluding carboxylic acids is 9. The fourth-order valence-corrected chi connectivity index (χ4v) is 9.04. The number of hydrogen-bond acceptors (Lipinski definition) is 14. The van der Waals surface area contributed by atoms with E-state index in [4.69, 9.17) is 30.4 Å². The lowest BCUT2D eigenvalue weighted by Gasteiger charge is -2.19. The van der Waals surface area contributed by atoms with E-state index in [9.17, 15) is 43.2 Å². The predicted molar refractivity (Wildman–Crippen MR) is 268 cm³/mol. The summed E-state index contributed by atoms with van der Waals surface area (Å²) < 4.78 is 21.4. The maximum atomic E-state index is 13.1. The summed E-state index contributed by atoms with van der Waals surface area (Å²) in [5, 5.41) is 23.0. The number of thioether (sulfide) groups is 1. The Labute approximate surface area is 424 Å². The van der Waals surface area contributed by atoms with Gasteiger partial charge >= 0.3 is 6.03 Å². The lowest BCUT2D eigenvalue weighted by atomic mass is 10.0. The van der Waals surface area contributed by atoms with Gasteiger partial charge in [-0.2, -0.15) is 11.8 Å². The summed E-state index contributed by atoms with van der Waals surface area (Å²) in [7, 11) is 0. The Kier molecular flexibility index (Phi) is 34.1. The first-order valence-electron chi connectivity index (χ1n) is 25.4. The first-order valence-corrected chi connectivity index (χ1v) is 26.4. The van der Waals surface area contributed by atoms with Crippen LogP contribution < -0.4 is 54.0 Å². The molecule has 2 aliphatic heterocycles. The van der Waals surface area contributed by atoms with Crippen LogP contribution in [-0.4, -0.2) is 168 Å². The normalized spacial score (nSPS) is 17.2. The highest BCUT2D eigenvalue weighted by Gasteiger charge is 2.42. The molecule has 2 heterocycles. The summed E-state index contributed by atoms with van der Waals surface area (Å²) in [5.74, 6) is -1.64. The molecule has 0 spiro atoms. The first kappa shape index (κ1) is 62.3. The third-order valence-corrected chi connectivity index (χ3v) is 13.4. The van der Waals surface area contributed by atoms with Gasteiger partial charge in [-0.15, -0.1) is 0 Å². The van der Waals surface area contributed by atoms with Crippen LogP contribution in [-0.2, 0) is 57.3 Å². The van der Waals surface area contributed by atoms with Crippen LogP contribution in [0.15, 0.2) is 0 Å². The number of nitrogens with two attached hydrogens (primary N) is 2. The average molecular weight is 1030 g/mol. The minimum absolute atomic E-state index is 0. The van der Waals surface area contributed by atoms with Crippen LogP contribution in [0.5, 0.6) is 0 Å². The Morgan fingerprint density at radius 2 is 1.04 bits per heavy atom. The first-order chi connectivity index (χ1) is 34.2. The topological polar surface area (TPSA) is 339 Å². The smallest absolute Gasteiger partial charge is 0.315 e. The molecule has 71 heavy (non-hydrogen) atoms. The molecule has 24 heteroatoms. The molecular formula is C47H86N10O13S. The number of rotatable bonds is 44. The van der Waals surface area contributed by atoms with Crippen LogP contribution in [0.2, 0.25) is 0 Å². The molecule has 10 amide bonds. The SMILES string of the molecule is C[C@@H](CCCCNC(=O)COCCOCCNC(=O)COCCOCCNC(=O)CCCC(=O)NCCCC[C@H](NC(=O)CCCC[C@@H]1SC[C@@H]2NC(=O)N[C@@H]21)C(=O)NCCCC[C@H](C)C(N)=O)C(N)=O.[HH]. The Bertz CT molecular complexity index is 1640. The van der Waals surface area contributed by atoms with Crippen molar-refractivity contribution in [1.29, 1.82) is 0 Å². The van der Waals surface area contributed by atoms with Gasteiger partial charge in [-0.25, -0.2) is 4.79 Å². The number of urea groups is 1. The maximum Gasteiger partial charge on any atom is 0.315 e. The minimum atomic E-state index is -0.731. The summed E-state index contributed by atoms with van der Waals surface area (Å²) in [6.07, 6.45) is 9.15. The van der Waals surface area contributed by atoms with E-state index in [-0.39, 0.29) is 164 Å². The maximum absolute atomic E-state index is 13.1. The Morgan fingerprint density at radius 1 is 0.563 bits per heavy atom. The molecule has 6 atom stereocenters. The molecule has 2 saturated heterocycles. The van der Waals surface area contributed by atoms with Crippen molar-refractivity contribution in [2.24, 2.45) is 23.3 Å². The fourth-order valence-electron chi connectivity index (χ4n) is 7.49. The molecule has 12 N–H and O–H groups in total. The fraction of sp³-hybridized carbons (Fsp3) is 0.809. The van der Waals surface area contributed by atoms with Gasteiger partial charge in [0.25, 0.3) is 0 Å². The zero-order chi connectivity index (χ0) is 52.1. The number of nitrogens with one attached hydrogen (secondary N) is 8.